The first-order valence-electron chi connectivity index (χ1n) is 8.75. The Morgan fingerprint density at radius 1 is 1.28 bits per heavy atom. The van der Waals surface area contributed by atoms with Gasteiger partial charge in [0.1, 0.15) is 5.75 Å². The molecule has 0 aliphatic carbocycles. The second kappa shape index (κ2) is 6.50. The van der Waals surface area contributed by atoms with Crippen LogP contribution in [-0.4, -0.2) is 23.9 Å². The van der Waals surface area contributed by atoms with Crippen molar-refractivity contribution in [3.8, 4) is 16.9 Å². The van der Waals surface area contributed by atoms with E-state index in [0.717, 1.165) is 23.8 Å². The van der Waals surface area contributed by atoms with E-state index in [1.165, 1.54) is 12.1 Å². The Morgan fingerprint density at radius 2 is 1.93 bits per heavy atom. The molecule has 0 fully saturated rings. The average Bonchev–Trinajstić information content (AvgIpc) is 3.13. The van der Waals surface area contributed by atoms with Crippen LogP contribution in [0.3, 0.4) is 0 Å². The first kappa shape index (κ1) is 21.2. The van der Waals surface area contributed by atoms with Crippen molar-refractivity contribution in [1.82, 2.24) is 5.32 Å². The van der Waals surface area contributed by atoms with Crippen LogP contribution in [0.15, 0.2) is 47.9 Å². The Kier molecular flexibility index (Phi) is 4.75. The minimum Gasteiger partial charge on any atom is -0.492 e. The van der Waals surface area contributed by atoms with E-state index < -0.39 is 20.6 Å². The molecule has 1 heterocycles. The standard InChI is InChI=1S/C20H21F4NO3S/c1-3-19(27)25-11-14-10-17(20-16(8-9-28-20)18(14)12-26)13-4-6-15(7-5-13)29(2,21,22,23)24/h3-7,10,26H,1,8-9,11-12H2,2H3,(H,25,27). The predicted octanol–water partition coefficient (Wildman–Crippen LogP) is 4.99. The number of ether oxygens (including phenoxy) is 1. The molecule has 2 aromatic rings. The smallest absolute Gasteiger partial charge is 0.243 e. The number of carbonyl (C=O) groups excluding carboxylic acids is 1. The minimum atomic E-state index is -8.27. The molecule has 0 unspecified atom stereocenters. The number of carbonyl (C=O) groups is 1. The molecule has 0 spiro atoms. The molecular weight excluding hydrogens is 410 g/mol. The lowest BCUT2D eigenvalue weighted by molar-refractivity contribution is -0.116. The van der Waals surface area contributed by atoms with Gasteiger partial charge in [-0.3, -0.25) is 4.79 Å². The van der Waals surface area contributed by atoms with Crippen molar-refractivity contribution in [1.29, 1.82) is 0 Å². The van der Waals surface area contributed by atoms with E-state index in [1.807, 2.05) is 0 Å². The summed E-state index contributed by atoms with van der Waals surface area (Å²) in [6, 6.07) is 5.48. The maximum atomic E-state index is 13.6. The summed E-state index contributed by atoms with van der Waals surface area (Å²) in [5.74, 6) is 0.0802. The molecule has 158 valence electrons. The molecule has 2 aromatic carbocycles. The third kappa shape index (κ3) is 4.40. The normalized spacial score (nSPS) is 15.7. The van der Waals surface area contributed by atoms with Crippen LogP contribution in [0.1, 0.15) is 16.7 Å². The SMILES string of the molecule is C=CC(=O)NCc1cc(-c2ccc(S(C)(F)(F)(F)F)cc2)c2c(c1CO)CCO2. The number of nitrogens with one attached hydrogen (secondary N) is 1. The van der Waals surface area contributed by atoms with E-state index in [0.29, 0.717) is 41.0 Å². The highest BCUT2D eigenvalue weighted by molar-refractivity contribution is 8.49. The summed E-state index contributed by atoms with van der Waals surface area (Å²) in [5.41, 5.74) is 2.90. The van der Waals surface area contributed by atoms with Crippen LogP contribution in [0.5, 0.6) is 5.75 Å². The van der Waals surface area contributed by atoms with Crippen molar-refractivity contribution in [3.63, 3.8) is 0 Å². The molecule has 3 rings (SSSR count). The lowest BCUT2D eigenvalue weighted by Crippen LogP contribution is -2.21. The van der Waals surface area contributed by atoms with E-state index in [4.69, 9.17) is 4.74 Å². The van der Waals surface area contributed by atoms with Gasteiger partial charge in [0.05, 0.1) is 24.4 Å². The monoisotopic (exact) mass is 431 g/mol. The molecular formula is C20H21F4NO3S. The van der Waals surface area contributed by atoms with Gasteiger partial charge in [-0.25, -0.2) is 0 Å². The molecule has 1 amide bonds. The Morgan fingerprint density at radius 3 is 2.48 bits per heavy atom. The zero-order valence-corrected chi connectivity index (χ0v) is 16.5. The highest BCUT2D eigenvalue weighted by Gasteiger charge is 2.59. The van der Waals surface area contributed by atoms with Crippen LogP contribution in [-0.2, 0) is 24.4 Å². The van der Waals surface area contributed by atoms with Crippen LogP contribution in [0.25, 0.3) is 11.1 Å². The first-order valence-corrected chi connectivity index (χ1v) is 11.2. The summed E-state index contributed by atoms with van der Waals surface area (Å²) < 4.78 is 60.2. The first-order chi connectivity index (χ1) is 13.3. The average molecular weight is 431 g/mol. The van der Waals surface area contributed by atoms with E-state index in [9.17, 15) is 25.4 Å². The molecule has 0 aromatic heterocycles. The molecule has 0 atom stereocenters. The fourth-order valence-corrected chi connectivity index (χ4v) is 4.12. The summed E-state index contributed by atoms with van der Waals surface area (Å²) >= 11 is 0. The summed E-state index contributed by atoms with van der Waals surface area (Å²) in [6.07, 6.45) is 1.32. The minimum absolute atomic E-state index is 0.106. The summed E-state index contributed by atoms with van der Waals surface area (Å²) in [5, 5.41) is 12.4. The number of aliphatic hydroxyl groups excluding tert-OH is 1. The number of amides is 1. The van der Waals surface area contributed by atoms with E-state index >= 15 is 0 Å². The van der Waals surface area contributed by atoms with Crippen LogP contribution in [0.4, 0.5) is 15.5 Å². The fourth-order valence-electron chi connectivity index (χ4n) is 3.30. The highest BCUT2D eigenvalue weighted by atomic mass is 32.5. The maximum Gasteiger partial charge on any atom is 0.243 e. The number of hydrogen-bond donors (Lipinski definition) is 2. The van der Waals surface area contributed by atoms with Crippen molar-refractivity contribution in [2.75, 3.05) is 12.9 Å². The lowest BCUT2D eigenvalue weighted by atomic mass is 9.92. The second-order valence-electron chi connectivity index (χ2n) is 7.05. The Hall–Kier alpha value is -2.52. The summed E-state index contributed by atoms with van der Waals surface area (Å²) in [7, 11) is -8.27. The van der Waals surface area contributed by atoms with Gasteiger partial charge in [-0.15, -0.1) is 15.5 Å². The van der Waals surface area contributed by atoms with Crippen LogP contribution in [0.2, 0.25) is 0 Å². The fraction of sp³-hybridized carbons (Fsp3) is 0.250. The van der Waals surface area contributed by atoms with Gasteiger partial charge in [0, 0.05) is 24.1 Å². The van der Waals surface area contributed by atoms with Crippen molar-refractivity contribution in [3.05, 3.63) is 59.7 Å². The van der Waals surface area contributed by atoms with Crippen molar-refractivity contribution < 1.29 is 30.2 Å². The van der Waals surface area contributed by atoms with Gasteiger partial charge >= 0.3 is 0 Å². The van der Waals surface area contributed by atoms with Gasteiger partial charge < -0.3 is 15.2 Å². The van der Waals surface area contributed by atoms with Crippen molar-refractivity contribution in [2.45, 2.75) is 24.5 Å². The molecule has 4 nitrogen and oxygen atoms in total. The molecule has 2 N–H and O–H groups in total. The van der Waals surface area contributed by atoms with Gasteiger partial charge in [-0.05, 0) is 41.0 Å². The molecule has 1 aliphatic rings. The van der Waals surface area contributed by atoms with Crippen LogP contribution < -0.4 is 10.1 Å². The third-order valence-electron chi connectivity index (χ3n) is 4.74. The molecule has 0 saturated heterocycles. The summed E-state index contributed by atoms with van der Waals surface area (Å²) in [4.78, 5) is 10.2. The van der Waals surface area contributed by atoms with Crippen LogP contribution >= 0.6 is 9.84 Å². The predicted molar refractivity (Wildman–Crippen MR) is 105 cm³/mol. The van der Waals surface area contributed by atoms with Gasteiger partial charge in [0.2, 0.25) is 5.91 Å². The third-order valence-corrected chi connectivity index (χ3v) is 6.20. The van der Waals surface area contributed by atoms with Gasteiger partial charge in [0.15, 0.2) is 9.84 Å². The number of aliphatic hydroxyl groups is 1. The molecule has 1 aliphatic heterocycles. The zero-order chi connectivity index (χ0) is 21.5. The lowest BCUT2D eigenvalue weighted by Gasteiger charge is -2.46. The zero-order valence-electron chi connectivity index (χ0n) is 15.7. The highest BCUT2D eigenvalue weighted by Crippen LogP contribution is 2.98. The van der Waals surface area contributed by atoms with Crippen LogP contribution in [0, 0.1) is 0 Å². The van der Waals surface area contributed by atoms with Gasteiger partial charge in [0.25, 0.3) is 0 Å². The maximum absolute atomic E-state index is 13.6. The Bertz CT molecular complexity index is 987. The number of benzene rings is 2. The van der Waals surface area contributed by atoms with E-state index in [1.54, 1.807) is 6.07 Å². The number of hydrogen-bond acceptors (Lipinski definition) is 3. The summed E-state index contributed by atoms with van der Waals surface area (Å²) in [6.45, 7) is 3.57. The van der Waals surface area contributed by atoms with Gasteiger partial charge in [-0.2, -0.15) is 0 Å². The number of fused-ring (bicyclic) bond motifs is 1. The molecule has 0 bridgehead atoms. The molecule has 0 saturated carbocycles. The Balaban J connectivity index is 2.09. The van der Waals surface area contributed by atoms with E-state index in [2.05, 4.69) is 11.9 Å². The van der Waals surface area contributed by atoms with Gasteiger partial charge in [-0.1, -0.05) is 18.7 Å². The van der Waals surface area contributed by atoms with E-state index in [-0.39, 0.29) is 19.4 Å². The van der Waals surface area contributed by atoms with Crippen molar-refractivity contribution >= 4 is 15.7 Å². The Labute approximate surface area is 165 Å². The molecule has 0 radical (unpaired) electrons. The number of rotatable bonds is 6. The molecule has 29 heavy (non-hydrogen) atoms. The largest absolute Gasteiger partial charge is 0.492 e. The topological polar surface area (TPSA) is 58.6 Å². The number of halogens is 4. The quantitative estimate of drug-likeness (QED) is 0.501. The molecule has 9 heteroatoms. The van der Waals surface area contributed by atoms with Crippen molar-refractivity contribution in [2.24, 2.45) is 0 Å². The second-order valence-corrected chi connectivity index (χ2v) is 10.5.